The molecular weight excluding hydrogens is 588 g/mol. The summed E-state index contributed by atoms with van der Waals surface area (Å²) in [5.74, 6) is -0.0283. The summed E-state index contributed by atoms with van der Waals surface area (Å²) in [7, 11) is 0. The van der Waals surface area contributed by atoms with Gasteiger partial charge in [-0.3, -0.25) is 4.79 Å². The van der Waals surface area contributed by atoms with Gasteiger partial charge in [-0.25, -0.2) is 0 Å². The van der Waals surface area contributed by atoms with Gasteiger partial charge in [0.05, 0.1) is 37.3 Å². The minimum atomic E-state index is -0.518. The van der Waals surface area contributed by atoms with Crippen molar-refractivity contribution in [2.45, 2.75) is 117 Å². The Morgan fingerprint density at radius 1 is 0.689 bits per heavy atom. The molecular formula is C38H57ClO6. The molecule has 0 unspecified atom stereocenters. The maximum absolute atomic E-state index is 14.7. The smallest absolute Gasteiger partial charge is 0.151 e. The maximum Gasteiger partial charge on any atom is 0.151 e. The lowest BCUT2D eigenvalue weighted by atomic mass is 9.71. The van der Waals surface area contributed by atoms with Gasteiger partial charge in [-0.1, -0.05) is 89.2 Å². The van der Waals surface area contributed by atoms with Crippen molar-refractivity contribution in [3.63, 3.8) is 0 Å². The number of hydrogen-bond donors (Lipinski definition) is 0. The quantitative estimate of drug-likeness (QED) is 0.119. The molecule has 0 aromatic heterocycles. The Kier molecular flexibility index (Phi) is 17.5. The third kappa shape index (κ3) is 11.4. The highest BCUT2D eigenvalue weighted by atomic mass is 35.5. The monoisotopic (exact) mass is 644 g/mol. The van der Waals surface area contributed by atoms with Crippen LogP contribution in [0.3, 0.4) is 0 Å². The summed E-state index contributed by atoms with van der Waals surface area (Å²) < 4.78 is 31.6. The molecule has 0 heterocycles. The van der Waals surface area contributed by atoms with Gasteiger partial charge in [0.25, 0.3) is 0 Å². The number of halogens is 1. The zero-order valence-electron chi connectivity index (χ0n) is 28.4. The number of unbranched alkanes of at least 4 members (excludes halogenated alkanes) is 4. The van der Waals surface area contributed by atoms with E-state index < -0.39 is 30.1 Å². The summed E-state index contributed by atoms with van der Waals surface area (Å²) in [4.78, 5) is 14.7. The molecule has 0 radical (unpaired) electrons. The van der Waals surface area contributed by atoms with E-state index in [0.29, 0.717) is 51.1 Å². The van der Waals surface area contributed by atoms with Crippen LogP contribution in [0, 0.1) is 5.92 Å². The Labute approximate surface area is 277 Å². The van der Waals surface area contributed by atoms with E-state index in [4.69, 9.17) is 35.3 Å². The summed E-state index contributed by atoms with van der Waals surface area (Å²) in [6.45, 7) is 13.9. The first kappa shape index (κ1) is 37.5. The van der Waals surface area contributed by atoms with E-state index in [0.717, 1.165) is 73.8 Å². The van der Waals surface area contributed by atoms with Crippen LogP contribution in [0.5, 0.6) is 5.75 Å². The van der Waals surface area contributed by atoms with Crippen LogP contribution in [0.2, 0.25) is 5.02 Å². The van der Waals surface area contributed by atoms with E-state index in [1.54, 1.807) is 0 Å². The number of Topliss-reactive ketones (excluding diaryl/α,β-unsaturated/α-hetero) is 1. The van der Waals surface area contributed by atoms with Crippen LogP contribution in [0.15, 0.2) is 42.5 Å². The van der Waals surface area contributed by atoms with Gasteiger partial charge < -0.3 is 23.7 Å². The van der Waals surface area contributed by atoms with Crippen LogP contribution in [-0.2, 0) is 30.2 Å². The molecule has 0 saturated heterocycles. The fraction of sp³-hybridized carbons (Fsp3) is 0.658. The van der Waals surface area contributed by atoms with Gasteiger partial charge in [-0.15, -0.1) is 0 Å². The molecule has 252 valence electrons. The standard InChI is InChI=1S/C38H57ClO6/c1-6-11-21-41-27-32-35(40)34(29-17-20-33(39)30(26-29)25-28-15-18-31(19-16-28)42-10-5)37(44-23-13-8-3)38(45-24-14-9-4)36(32)43-22-12-7-2/h15-20,26,32,34,36-38H,6-14,21-25,27H2,1-5H3/t32-,34+,36+,37-,38-/m0/s1. The summed E-state index contributed by atoms with van der Waals surface area (Å²) in [5.41, 5.74) is 3.00. The second kappa shape index (κ2) is 21.0. The number of ketones is 1. The molecule has 3 rings (SSSR count). The summed E-state index contributed by atoms with van der Waals surface area (Å²) >= 11 is 6.77. The van der Waals surface area contributed by atoms with E-state index in [1.165, 1.54) is 0 Å². The normalized spacial score (nSPS) is 21.7. The highest BCUT2D eigenvalue weighted by Crippen LogP contribution is 2.40. The van der Waals surface area contributed by atoms with E-state index in [2.05, 4.69) is 45.9 Å². The zero-order chi connectivity index (χ0) is 32.4. The van der Waals surface area contributed by atoms with Gasteiger partial charge in [0, 0.05) is 31.5 Å². The van der Waals surface area contributed by atoms with E-state index in [-0.39, 0.29) is 5.78 Å². The van der Waals surface area contributed by atoms with Crippen LogP contribution < -0.4 is 4.74 Å². The minimum absolute atomic E-state index is 0.0965. The fourth-order valence-electron chi connectivity index (χ4n) is 5.84. The number of benzene rings is 2. The average molecular weight is 645 g/mol. The summed E-state index contributed by atoms with van der Waals surface area (Å²) in [6, 6.07) is 14.1. The van der Waals surface area contributed by atoms with Crippen LogP contribution in [0.4, 0.5) is 0 Å². The van der Waals surface area contributed by atoms with Crippen LogP contribution in [0.1, 0.15) is 109 Å². The predicted octanol–water partition coefficient (Wildman–Crippen LogP) is 8.98. The van der Waals surface area contributed by atoms with Crippen molar-refractivity contribution < 1.29 is 28.5 Å². The molecule has 1 saturated carbocycles. The largest absolute Gasteiger partial charge is 0.494 e. The maximum atomic E-state index is 14.7. The molecule has 1 aliphatic carbocycles. The lowest BCUT2D eigenvalue weighted by Gasteiger charge is -2.45. The van der Waals surface area contributed by atoms with Crippen molar-refractivity contribution in [2.24, 2.45) is 5.92 Å². The third-order valence-electron chi connectivity index (χ3n) is 8.47. The highest BCUT2D eigenvalue weighted by Gasteiger charge is 2.52. The Hall–Kier alpha value is -1.96. The molecule has 0 bridgehead atoms. The molecule has 2 aromatic rings. The van der Waals surface area contributed by atoms with Crippen molar-refractivity contribution in [3.05, 3.63) is 64.2 Å². The Morgan fingerprint density at radius 2 is 1.27 bits per heavy atom. The topological polar surface area (TPSA) is 63.2 Å². The Balaban J connectivity index is 2.03. The molecule has 0 N–H and O–H groups in total. The molecule has 0 amide bonds. The second-order valence-electron chi connectivity index (χ2n) is 12.1. The minimum Gasteiger partial charge on any atom is -0.494 e. The second-order valence-corrected chi connectivity index (χ2v) is 12.5. The molecule has 6 nitrogen and oxygen atoms in total. The fourth-order valence-corrected chi connectivity index (χ4v) is 6.03. The van der Waals surface area contributed by atoms with Crippen molar-refractivity contribution >= 4 is 17.4 Å². The van der Waals surface area contributed by atoms with E-state index >= 15 is 0 Å². The first-order valence-corrected chi connectivity index (χ1v) is 17.8. The summed E-state index contributed by atoms with van der Waals surface area (Å²) in [5, 5.41) is 0.676. The van der Waals surface area contributed by atoms with Gasteiger partial charge in [-0.05, 0) is 73.9 Å². The van der Waals surface area contributed by atoms with Crippen LogP contribution in [-0.4, -0.2) is 63.7 Å². The number of hydrogen-bond acceptors (Lipinski definition) is 6. The number of carbonyl (C=O) groups is 1. The van der Waals surface area contributed by atoms with Crippen molar-refractivity contribution in [1.29, 1.82) is 0 Å². The molecule has 7 heteroatoms. The molecule has 1 fully saturated rings. The van der Waals surface area contributed by atoms with E-state index in [9.17, 15) is 4.79 Å². The van der Waals surface area contributed by atoms with Crippen molar-refractivity contribution in [1.82, 2.24) is 0 Å². The van der Waals surface area contributed by atoms with E-state index in [1.807, 2.05) is 31.2 Å². The molecule has 1 aliphatic rings. The zero-order valence-corrected chi connectivity index (χ0v) is 29.1. The molecule has 5 atom stereocenters. The number of rotatable bonds is 22. The van der Waals surface area contributed by atoms with Crippen molar-refractivity contribution in [3.8, 4) is 5.75 Å². The lowest BCUT2D eigenvalue weighted by molar-refractivity contribution is -0.193. The number of ether oxygens (including phenoxy) is 5. The molecule has 2 aromatic carbocycles. The van der Waals surface area contributed by atoms with Crippen molar-refractivity contribution in [2.75, 3.05) is 39.6 Å². The lowest BCUT2D eigenvalue weighted by Crippen LogP contribution is -2.59. The van der Waals surface area contributed by atoms with Crippen LogP contribution >= 0.6 is 11.6 Å². The van der Waals surface area contributed by atoms with Gasteiger partial charge in [0.15, 0.2) is 5.78 Å². The van der Waals surface area contributed by atoms with Gasteiger partial charge in [-0.2, -0.15) is 0 Å². The Morgan fingerprint density at radius 3 is 1.87 bits per heavy atom. The van der Waals surface area contributed by atoms with Gasteiger partial charge in [0.2, 0.25) is 0 Å². The average Bonchev–Trinajstić information content (AvgIpc) is 3.04. The SMILES string of the molecule is CCCCOC[C@H]1C(=O)[C@@H](c2ccc(Cl)c(Cc3ccc(OCC)cc3)c2)[C@H](OCCCC)[C@@H](OCCCC)[C@@H]1OCCCC. The first-order valence-electron chi connectivity index (χ1n) is 17.4. The summed E-state index contributed by atoms with van der Waals surface area (Å²) in [6.07, 6.45) is 7.15. The first-order chi connectivity index (χ1) is 22.0. The molecule has 45 heavy (non-hydrogen) atoms. The van der Waals surface area contributed by atoms with Crippen LogP contribution in [0.25, 0.3) is 0 Å². The number of carbonyl (C=O) groups excluding carboxylic acids is 1. The predicted molar refractivity (Wildman–Crippen MR) is 183 cm³/mol. The Bertz CT molecular complexity index is 1110. The highest BCUT2D eigenvalue weighted by molar-refractivity contribution is 6.31. The molecule has 0 spiro atoms. The molecule has 0 aliphatic heterocycles. The van der Waals surface area contributed by atoms with Gasteiger partial charge >= 0.3 is 0 Å². The van der Waals surface area contributed by atoms with Gasteiger partial charge in [0.1, 0.15) is 11.9 Å². The third-order valence-corrected chi connectivity index (χ3v) is 8.84.